The molecule has 0 amide bonds. The molecule has 0 radical (unpaired) electrons. The smallest absolute Gasteiger partial charge is 0.213 e. The van der Waals surface area contributed by atoms with Crippen LogP contribution < -0.4 is 9.47 Å². The van der Waals surface area contributed by atoms with Crippen LogP contribution in [0.4, 0.5) is 0 Å². The molecule has 9 heteroatoms. The molecule has 4 heterocycles. The molecular formula is C20H16N6O3. The van der Waals surface area contributed by atoms with Crippen LogP contribution in [0.2, 0.25) is 0 Å². The number of rotatable bonds is 4. The quantitative estimate of drug-likeness (QED) is 0.462. The lowest BCUT2D eigenvalue weighted by atomic mass is 10.1. The van der Waals surface area contributed by atoms with Crippen molar-refractivity contribution in [2.24, 2.45) is 0 Å². The Morgan fingerprint density at radius 2 is 1.83 bits per heavy atom. The molecule has 0 unspecified atom stereocenters. The predicted molar refractivity (Wildman–Crippen MR) is 105 cm³/mol. The van der Waals surface area contributed by atoms with Gasteiger partial charge in [-0.15, -0.1) is 10.2 Å². The summed E-state index contributed by atoms with van der Waals surface area (Å²) in [6.07, 6.45) is 0. The number of aryl methyl sites for hydroxylation is 1. The van der Waals surface area contributed by atoms with E-state index in [4.69, 9.17) is 19.1 Å². The van der Waals surface area contributed by atoms with E-state index in [1.165, 1.54) is 0 Å². The lowest BCUT2D eigenvalue weighted by molar-refractivity contribution is 0.398. The van der Waals surface area contributed by atoms with Gasteiger partial charge in [-0.3, -0.25) is 0 Å². The zero-order valence-electron chi connectivity index (χ0n) is 15.9. The number of nitrogens with zero attached hydrogens (tertiary/aromatic N) is 6. The molecule has 0 fully saturated rings. The van der Waals surface area contributed by atoms with E-state index in [2.05, 4.69) is 20.3 Å². The molecule has 0 bridgehead atoms. The summed E-state index contributed by atoms with van der Waals surface area (Å²) in [5, 5.41) is 19.1. The molecule has 4 aromatic heterocycles. The van der Waals surface area contributed by atoms with Crippen LogP contribution in [-0.4, -0.2) is 44.2 Å². The van der Waals surface area contributed by atoms with Gasteiger partial charge in [-0.1, -0.05) is 23.4 Å². The first-order valence-electron chi connectivity index (χ1n) is 8.87. The molecule has 5 aromatic rings. The van der Waals surface area contributed by atoms with Gasteiger partial charge in [0.15, 0.2) is 11.3 Å². The fourth-order valence-corrected chi connectivity index (χ4v) is 3.30. The minimum Gasteiger partial charge on any atom is -0.496 e. The van der Waals surface area contributed by atoms with Gasteiger partial charge in [-0.2, -0.15) is 9.61 Å². The number of pyridine rings is 1. The topological polar surface area (TPSA) is 100 Å². The van der Waals surface area contributed by atoms with E-state index in [0.29, 0.717) is 45.9 Å². The van der Waals surface area contributed by atoms with Gasteiger partial charge in [0, 0.05) is 17.5 Å². The van der Waals surface area contributed by atoms with Crippen LogP contribution in [0.15, 0.2) is 47.0 Å². The number of hydrogen-bond acceptors (Lipinski definition) is 8. The molecule has 9 nitrogen and oxygen atoms in total. The van der Waals surface area contributed by atoms with Crippen molar-refractivity contribution >= 4 is 16.4 Å². The van der Waals surface area contributed by atoms with Gasteiger partial charge in [-0.05, 0) is 19.1 Å². The average Bonchev–Trinajstić information content (AvgIpc) is 3.38. The van der Waals surface area contributed by atoms with Crippen LogP contribution in [-0.2, 0) is 0 Å². The maximum atomic E-state index is 5.61. The molecule has 0 saturated carbocycles. The zero-order chi connectivity index (χ0) is 20.0. The summed E-state index contributed by atoms with van der Waals surface area (Å²) in [4.78, 5) is 4.56. The van der Waals surface area contributed by atoms with Gasteiger partial charge in [0.25, 0.3) is 0 Å². The molecule has 0 aliphatic rings. The normalized spacial score (nSPS) is 11.3. The Kier molecular flexibility index (Phi) is 3.87. The molecule has 1 aromatic carbocycles. The summed E-state index contributed by atoms with van der Waals surface area (Å²) in [6.45, 7) is 1.82. The molecule has 0 saturated heterocycles. The number of fused-ring (bicyclic) bond motifs is 3. The van der Waals surface area contributed by atoms with E-state index in [0.717, 1.165) is 10.8 Å². The largest absolute Gasteiger partial charge is 0.496 e. The van der Waals surface area contributed by atoms with Crippen molar-refractivity contribution in [2.45, 2.75) is 6.92 Å². The molecule has 0 N–H and O–H groups in total. The fourth-order valence-electron chi connectivity index (χ4n) is 3.30. The number of benzene rings is 1. The van der Waals surface area contributed by atoms with Gasteiger partial charge in [0.2, 0.25) is 11.7 Å². The summed E-state index contributed by atoms with van der Waals surface area (Å²) < 4.78 is 17.7. The van der Waals surface area contributed by atoms with Crippen molar-refractivity contribution < 1.29 is 14.0 Å². The lowest BCUT2D eigenvalue weighted by Gasteiger charge is -2.11. The maximum Gasteiger partial charge on any atom is 0.213 e. The Morgan fingerprint density at radius 3 is 2.59 bits per heavy atom. The summed E-state index contributed by atoms with van der Waals surface area (Å²) in [7, 11) is 3.20. The van der Waals surface area contributed by atoms with Gasteiger partial charge in [0.1, 0.15) is 17.2 Å². The lowest BCUT2D eigenvalue weighted by Crippen LogP contribution is -2.02. The highest BCUT2D eigenvalue weighted by molar-refractivity contribution is 6.05. The molecular weight excluding hydrogens is 372 g/mol. The van der Waals surface area contributed by atoms with Crippen molar-refractivity contribution in [2.75, 3.05) is 14.2 Å². The van der Waals surface area contributed by atoms with E-state index in [1.54, 1.807) is 30.9 Å². The van der Waals surface area contributed by atoms with Crippen LogP contribution in [0.3, 0.4) is 0 Å². The van der Waals surface area contributed by atoms with Crippen LogP contribution in [0.5, 0.6) is 11.6 Å². The number of ether oxygens (including phenoxy) is 2. The molecule has 5 rings (SSSR count). The zero-order valence-corrected chi connectivity index (χ0v) is 15.9. The summed E-state index contributed by atoms with van der Waals surface area (Å²) >= 11 is 0. The first-order valence-corrected chi connectivity index (χ1v) is 8.87. The van der Waals surface area contributed by atoms with Crippen LogP contribution in [0.25, 0.3) is 39.3 Å². The molecule has 0 atom stereocenters. The van der Waals surface area contributed by atoms with Crippen molar-refractivity contribution in [1.82, 2.24) is 30.0 Å². The standard InChI is InChI=1S/C20H16N6O3/c1-11-10-14(25-29-11)20-23-22-19-12-6-4-8-15(27-2)17(12)18(24-26(19)20)13-7-5-9-16(21-13)28-3/h4-10H,1-3H3. The minimum atomic E-state index is 0.478. The number of aromatic nitrogens is 6. The Balaban J connectivity index is 1.90. The Hall–Kier alpha value is -4.01. The highest BCUT2D eigenvalue weighted by Crippen LogP contribution is 2.36. The highest BCUT2D eigenvalue weighted by atomic mass is 16.5. The second kappa shape index (κ2) is 6.55. The van der Waals surface area contributed by atoms with Crippen molar-refractivity contribution in [3.63, 3.8) is 0 Å². The Labute approximate surface area is 164 Å². The van der Waals surface area contributed by atoms with E-state index in [1.807, 2.05) is 37.3 Å². The Bertz CT molecular complexity index is 1360. The third kappa shape index (κ3) is 2.66. The van der Waals surface area contributed by atoms with Crippen molar-refractivity contribution in [1.29, 1.82) is 0 Å². The van der Waals surface area contributed by atoms with Crippen LogP contribution >= 0.6 is 0 Å². The summed E-state index contributed by atoms with van der Waals surface area (Å²) in [5.41, 5.74) is 2.39. The molecule has 29 heavy (non-hydrogen) atoms. The molecule has 0 aliphatic carbocycles. The van der Waals surface area contributed by atoms with Crippen molar-refractivity contribution in [3.8, 4) is 34.5 Å². The fraction of sp³-hybridized carbons (Fsp3) is 0.150. The van der Waals surface area contributed by atoms with Crippen molar-refractivity contribution in [3.05, 3.63) is 48.2 Å². The summed E-state index contributed by atoms with van der Waals surface area (Å²) in [6, 6.07) is 13.0. The first kappa shape index (κ1) is 17.1. The second-order valence-corrected chi connectivity index (χ2v) is 6.38. The van der Waals surface area contributed by atoms with E-state index >= 15 is 0 Å². The third-order valence-electron chi connectivity index (χ3n) is 4.60. The Morgan fingerprint density at radius 1 is 0.966 bits per heavy atom. The SMILES string of the molecule is COc1cccc(-c2nn3c(-c4cc(C)on4)nnc3c3cccc(OC)c23)n1. The van der Waals surface area contributed by atoms with Gasteiger partial charge >= 0.3 is 0 Å². The first-order chi connectivity index (χ1) is 14.2. The van der Waals surface area contributed by atoms with Gasteiger partial charge < -0.3 is 14.0 Å². The highest BCUT2D eigenvalue weighted by Gasteiger charge is 2.21. The second-order valence-electron chi connectivity index (χ2n) is 6.38. The van der Waals surface area contributed by atoms with Gasteiger partial charge in [-0.25, -0.2) is 4.98 Å². The van der Waals surface area contributed by atoms with E-state index in [-0.39, 0.29) is 0 Å². The van der Waals surface area contributed by atoms with E-state index < -0.39 is 0 Å². The third-order valence-corrected chi connectivity index (χ3v) is 4.60. The monoisotopic (exact) mass is 388 g/mol. The van der Waals surface area contributed by atoms with Crippen LogP contribution in [0, 0.1) is 6.92 Å². The molecule has 144 valence electrons. The summed E-state index contributed by atoms with van der Waals surface area (Å²) in [5.74, 6) is 2.31. The van der Waals surface area contributed by atoms with Crippen LogP contribution in [0.1, 0.15) is 5.76 Å². The molecule has 0 spiro atoms. The minimum absolute atomic E-state index is 0.478. The van der Waals surface area contributed by atoms with Gasteiger partial charge in [0.05, 0.1) is 25.3 Å². The predicted octanol–water partition coefficient (Wildman–Crippen LogP) is 3.32. The average molecular weight is 388 g/mol. The molecule has 0 aliphatic heterocycles. The maximum absolute atomic E-state index is 5.61. The number of hydrogen-bond donors (Lipinski definition) is 0. The number of methoxy groups -OCH3 is 2. The van der Waals surface area contributed by atoms with E-state index in [9.17, 15) is 0 Å².